The number of hydrogen-bond donors (Lipinski definition) is 3. The molecule has 160 valence electrons. The Morgan fingerprint density at radius 3 is 2.38 bits per heavy atom. The molecule has 1 atom stereocenters. The van der Waals surface area contributed by atoms with Crippen molar-refractivity contribution in [3.05, 3.63) is 58.6 Å². The maximum Gasteiger partial charge on any atom is 0.469 e. The van der Waals surface area contributed by atoms with E-state index in [1.807, 2.05) is 0 Å². The van der Waals surface area contributed by atoms with Crippen LogP contribution in [0, 0.1) is 0 Å². The van der Waals surface area contributed by atoms with E-state index in [1.165, 1.54) is 18.2 Å². The number of benzene rings is 2. The Balaban J connectivity index is 2.03. The van der Waals surface area contributed by atoms with E-state index in [-0.39, 0.29) is 18.1 Å². The van der Waals surface area contributed by atoms with Gasteiger partial charge in [-0.05, 0) is 55.7 Å². The number of aryl methyl sites for hydroxylation is 1. The minimum Gasteiger partial charge on any atom is -0.457 e. The minimum absolute atomic E-state index is 0.0211. The van der Waals surface area contributed by atoms with Gasteiger partial charge in [-0.15, -0.1) is 0 Å². The molecule has 0 heterocycles. The zero-order valence-electron chi connectivity index (χ0n) is 15.3. The van der Waals surface area contributed by atoms with Gasteiger partial charge in [-0.2, -0.15) is 13.2 Å². The van der Waals surface area contributed by atoms with Crippen LogP contribution in [0.15, 0.2) is 42.5 Å². The van der Waals surface area contributed by atoms with Crippen molar-refractivity contribution in [3.63, 3.8) is 0 Å². The Morgan fingerprint density at radius 1 is 1.14 bits per heavy atom. The Labute approximate surface area is 170 Å². The lowest BCUT2D eigenvalue weighted by Gasteiger charge is -2.24. The van der Waals surface area contributed by atoms with Crippen molar-refractivity contribution < 1.29 is 36.8 Å². The van der Waals surface area contributed by atoms with E-state index in [2.05, 4.69) is 4.52 Å². The highest BCUT2D eigenvalue weighted by atomic mass is 35.5. The van der Waals surface area contributed by atoms with E-state index in [4.69, 9.17) is 31.9 Å². The average molecular weight is 454 g/mol. The predicted molar refractivity (Wildman–Crippen MR) is 102 cm³/mol. The fourth-order valence-electron chi connectivity index (χ4n) is 2.39. The Hall–Kier alpha value is -1.61. The summed E-state index contributed by atoms with van der Waals surface area (Å²) in [7, 11) is -4.61. The third kappa shape index (κ3) is 7.97. The van der Waals surface area contributed by atoms with E-state index >= 15 is 0 Å². The van der Waals surface area contributed by atoms with Gasteiger partial charge in [-0.3, -0.25) is 4.52 Å². The van der Waals surface area contributed by atoms with Crippen molar-refractivity contribution in [2.24, 2.45) is 5.73 Å². The molecule has 4 N–H and O–H groups in total. The Morgan fingerprint density at radius 2 is 1.79 bits per heavy atom. The SMILES string of the molecule is C[C@@](N)(CCc1ccc(Oc2cccc(C(F)(F)F)c2)cc1Cl)COP(=O)(O)O. The first-order valence-corrected chi connectivity index (χ1v) is 10.3. The van der Waals surface area contributed by atoms with E-state index in [9.17, 15) is 17.7 Å². The number of phosphoric ester groups is 1. The lowest BCUT2D eigenvalue weighted by atomic mass is 9.95. The fourth-order valence-corrected chi connectivity index (χ4v) is 3.12. The monoisotopic (exact) mass is 453 g/mol. The van der Waals surface area contributed by atoms with E-state index in [1.54, 1.807) is 19.1 Å². The highest BCUT2D eigenvalue weighted by molar-refractivity contribution is 7.46. The number of hydrogen-bond acceptors (Lipinski definition) is 4. The topological polar surface area (TPSA) is 102 Å². The molecular weight excluding hydrogens is 434 g/mol. The standard InChI is InChI=1S/C18H20ClF3NO5P/c1-17(23,11-27-29(24,25)26)8-7-12-5-6-15(10-16(12)19)28-14-4-2-3-13(9-14)18(20,21)22/h2-6,9-10H,7-8,11,23H2,1H3,(H2,24,25,26)/t17-/m1/s1. The number of phosphoric acid groups is 1. The van der Waals surface area contributed by atoms with Crippen molar-refractivity contribution >= 4 is 19.4 Å². The molecule has 0 bridgehead atoms. The number of ether oxygens (including phenoxy) is 1. The third-order valence-corrected chi connectivity index (χ3v) is 4.77. The van der Waals surface area contributed by atoms with Crippen molar-refractivity contribution in [1.82, 2.24) is 0 Å². The lowest BCUT2D eigenvalue weighted by molar-refractivity contribution is -0.137. The van der Waals surface area contributed by atoms with Crippen LogP contribution in [0.3, 0.4) is 0 Å². The fraction of sp³-hybridized carbons (Fsp3) is 0.333. The molecule has 2 aromatic rings. The molecule has 0 amide bonds. The van der Waals surface area contributed by atoms with Gasteiger partial charge >= 0.3 is 14.0 Å². The molecule has 0 spiro atoms. The second-order valence-electron chi connectivity index (χ2n) is 6.80. The Bertz CT molecular complexity index is 901. The molecular formula is C18H20ClF3NO5P. The number of alkyl halides is 3. The number of halogens is 4. The van der Waals surface area contributed by atoms with Crippen LogP contribution in [-0.2, 0) is 21.7 Å². The van der Waals surface area contributed by atoms with Crippen molar-refractivity contribution in [1.29, 1.82) is 0 Å². The summed E-state index contributed by atoms with van der Waals surface area (Å²) in [6.07, 6.45) is -3.76. The molecule has 0 aliphatic heterocycles. The second kappa shape index (κ2) is 9.04. The van der Waals surface area contributed by atoms with E-state index < -0.39 is 25.1 Å². The smallest absolute Gasteiger partial charge is 0.457 e. The first-order chi connectivity index (χ1) is 13.3. The molecule has 0 saturated heterocycles. The van der Waals surface area contributed by atoms with Gasteiger partial charge in [0.05, 0.1) is 12.2 Å². The first kappa shape index (κ1) is 23.7. The molecule has 11 heteroatoms. The quantitative estimate of drug-likeness (QED) is 0.491. The molecule has 0 aromatic heterocycles. The van der Waals surface area contributed by atoms with E-state index in [0.717, 1.165) is 12.1 Å². The van der Waals surface area contributed by atoms with Crippen LogP contribution in [0.5, 0.6) is 11.5 Å². The lowest BCUT2D eigenvalue weighted by Crippen LogP contribution is -2.41. The van der Waals surface area contributed by atoms with Crippen LogP contribution in [-0.4, -0.2) is 21.9 Å². The predicted octanol–water partition coefficient (Wildman–Crippen LogP) is 4.91. The molecule has 0 aliphatic rings. The molecule has 2 rings (SSSR count). The largest absolute Gasteiger partial charge is 0.469 e. The van der Waals surface area contributed by atoms with Crippen LogP contribution in [0.4, 0.5) is 13.2 Å². The summed E-state index contributed by atoms with van der Waals surface area (Å²) in [6.45, 7) is 1.24. The van der Waals surface area contributed by atoms with E-state index in [0.29, 0.717) is 23.4 Å². The summed E-state index contributed by atoms with van der Waals surface area (Å²) in [5.41, 5.74) is 4.84. The molecule has 29 heavy (non-hydrogen) atoms. The summed E-state index contributed by atoms with van der Waals surface area (Å²) in [4.78, 5) is 17.5. The van der Waals surface area contributed by atoms with Gasteiger partial charge in [0.2, 0.25) is 0 Å². The molecule has 0 radical (unpaired) electrons. The van der Waals surface area contributed by atoms with Crippen LogP contribution in [0.25, 0.3) is 0 Å². The molecule has 0 saturated carbocycles. The van der Waals surface area contributed by atoms with Crippen LogP contribution >= 0.6 is 19.4 Å². The number of nitrogens with two attached hydrogens (primary N) is 1. The molecule has 0 fully saturated rings. The molecule has 0 aliphatic carbocycles. The van der Waals surface area contributed by atoms with Crippen LogP contribution in [0.2, 0.25) is 5.02 Å². The van der Waals surface area contributed by atoms with Gasteiger partial charge in [-0.1, -0.05) is 23.7 Å². The van der Waals surface area contributed by atoms with Gasteiger partial charge in [0.15, 0.2) is 0 Å². The maximum absolute atomic E-state index is 12.8. The zero-order chi connectivity index (χ0) is 21.9. The van der Waals surface area contributed by atoms with Crippen LogP contribution < -0.4 is 10.5 Å². The van der Waals surface area contributed by atoms with Crippen molar-refractivity contribution in [3.8, 4) is 11.5 Å². The van der Waals surface area contributed by atoms with Crippen LogP contribution in [0.1, 0.15) is 24.5 Å². The van der Waals surface area contributed by atoms with Gasteiger partial charge in [0.1, 0.15) is 11.5 Å². The van der Waals surface area contributed by atoms with Crippen molar-refractivity contribution in [2.45, 2.75) is 31.5 Å². The summed E-state index contributed by atoms with van der Waals surface area (Å²) in [6, 6.07) is 9.16. The molecule has 2 aromatic carbocycles. The maximum atomic E-state index is 12.8. The summed E-state index contributed by atoms with van der Waals surface area (Å²) in [5.74, 6) is 0.283. The molecule has 6 nitrogen and oxygen atoms in total. The van der Waals surface area contributed by atoms with Gasteiger partial charge in [0, 0.05) is 10.6 Å². The normalized spacial score (nSPS) is 14.5. The summed E-state index contributed by atoms with van der Waals surface area (Å²) < 4.78 is 59.0. The van der Waals surface area contributed by atoms with Gasteiger partial charge in [-0.25, -0.2) is 4.57 Å². The minimum atomic E-state index is -4.61. The summed E-state index contributed by atoms with van der Waals surface area (Å²) in [5, 5.41) is 0.321. The highest BCUT2D eigenvalue weighted by Gasteiger charge is 2.30. The van der Waals surface area contributed by atoms with Gasteiger partial charge in [0.25, 0.3) is 0 Å². The average Bonchev–Trinajstić information content (AvgIpc) is 2.58. The highest BCUT2D eigenvalue weighted by Crippen LogP contribution is 2.37. The Kier molecular flexibility index (Phi) is 7.37. The first-order valence-electron chi connectivity index (χ1n) is 8.38. The third-order valence-electron chi connectivity index (χ3n) is 3.95. The van der Waals surface area contributed by atoms with Gasteiger partial charge < -0.3 is 20.3 Å². The zero-order valence-corrected chi connectivity index (χ0v) is 17.0. The summed E-state index contributed by atoms with van der Waals surface area (Å²) >= 11 is 6.22. The van der Waals surface area contributed by atoms with Crippen molar-refractivity contribution in [2.75, 3.05) is 6.61 Å². The number of rotatable bonds is 8. The molecule has 0 unspecified atom stereocenters. The second-order valence-corrected chi connectivity index (χ2v) is 8.45.